The molecule has 0 spiro atoms. The molecule has 1 aliphatic rings. The van der Waals surface area contributed by atoms with E-state index in [4.69, 9.17) is 21.7 Å². The molecule has 3 aromatic rings. The summed E-state index contributed by atoms with van der Waals surface area (Å²) in [6.07, 6.45) is 3.72. The Kier molecular flexibility index (Phi) is 6.30. The fourth-order valence-electron chi connectivity index (χ4n) is 3.80. The molecule has 150 valence electrons. The lowest BCUT2D eigenvalue weighted by molar-refractivity contribution is 0.269. The number of rotatable bonds is 6. The summed E-state index contributed by atoms with van der Waals surface area (Å²) in [7, 11) is 0. The van der Waals surface area contributed by atoms with Gasteiger partial charge in [-0.15, -0.1) is 0 Å². The predicted molar refractivity (Wildman–Crippen MR) is 123 cm³/mol. The van der Waals surface area contributed by atoms with E-state index in [2.05, 4.69) is 53.4 Å². The van der Waals surface area contributed by atoms with Crippen molar-refractivity contribution in [2.75, 3.05) is 19.7 Å². The van der Waals surface area contributed by atoms with Gasteiger partial charge < -0.3 is 14.4 Å². The molecule has 1 aliphatic heterocycles. The smallest absolute Gasteiger partial charge is 0.161 e. The van der Waals surface area contributed by atoms with Gasteiger partial charge in [0.05, 0.1) is 6.61 Å². The molecule has 3 nitrogen and oxygen atoms in total. The molecular formula is C25H27NO2S. The number of nitrogens with zero attached hydrogens (tertiary/aromatic N) is 1. The van der Waals surface area contributed by atoms with Crippen molar-refractivity contribution >= 4 is 28.0 Å². The topological polar surface area (TPSA) is 21.7 Å². The summed E-state index contributed by atoms with van der Waals surface area (Å²) in [4.78, 5) is 3.21. The number of hydrogen-bond donors (Lipinski definition) is 0. The van der Waals surface area contributed by atoms with Crippen molar-refractivity contribution in [2.24, 2.45) is 0 Å². The fourth-order valence-corrected chi connectivity index (χ4v) is 4.11. The van der Waals surface area contributed by atoms with Crippen LogP contribution in [0, 0.1) is 0 Å². The van der Waals surface area contributed by atoms with Crippen molar-refractivity contribution in [1.82, 2.24) is 4.90 Å². The second-order valence-electron chi connectivity index (χ2n) is 7.42. The van der Waals surface area contributed by atoms with Gasteiger partial charge in [-0.25, -0.2) is 0 Å². The van der Waals surface area contributed by atoms with Crippen molar-refractivity contribution < 1.29 is 9.47 Å². The van der Waals surface area contributed by atoms with Crippen LogP contribution in [-0.2, 0) is 6.61 Å². The van der Waals surface area contributed by atoms with E-state index < -0.39 is 0 Å². The third-order valence-electron chi connectivity index (χ3n) is 5.34. The summed E-state index contributed by atoms with van der Waals surface area (Å²) >= 11 is 5.74. The van der Waals surface area contributed by atoms with E-state index in [9.17, 15) is 0 Å². The molecule has 0 aliphatic carbocycles. The van der Waals surface area contributed by atoms with Crippen molar-refractivity contribution in [3.05, 3.63) is 71.8 Å². The van der Waals surface area contributed by atoms with Gasteiger partial charge in [-0.1, -0.05) is 48.6 Å². The number of fused-ring (bicyclic) bond motifs is 1. The molecule has 1 fully saturated rings. The fraction of sp³-hybridized carbons (Fsp3) is 0.320. The van der Waals surface area contributed by atoms with Crippen LogP contribution in [0.4, 0.5) is 0 Å². The summed E-state index contributed by atoms with van der Waals surface area (Å²) in [5.41, 5.74) is 2.17. The lowest BCUT2D eigenvalue weighted by Gasteiger charge is -2.29. The molecule has 4 rings (SSSR count). The first-order valence-corrected chi connectivity index (χ1v) is 10.8. The molecule has 0 aromatic heterocycles. The third kappa shape index (κ3) is 4.70. The van der Waals surface area contributed by atoms with Crippen LogP contribution in [0.2, 0.25) is 0 Å². The number of ether oxygens (including phenoxy) is 2. The Morgan fingerprint density at radius 1 is 0.862 bits per heavy atom. The molecule has 0 bridgehead atoms. The van der Waals surface area contributed by atoms with Crippen molar-refractivity contribution in [3.8, 4) is 11.5 Å². The lowest BCUT2D eigenvalue weighted by Crippen LogP contribution is -2.34. The minimum absolute atomic E-state index is 0.501. The Hall–Kier alpha value is -2.59. The number of thiocarbonyl (C=S) groups is 1. The maximum absolute atomic E-state index is 6.12. The van der Waals surface area contributed by atoms with Crippen LogP contribution in [0.5, 0.6) is 11.5 Å². The molecule has 0 unspecified atom stereocenters. The highest BCUT2D eigenvalue weighted by atomic mass is 32.1. The predicted octanol–water partition coefficient (Wildman–Crippen LogP) is 5.98. The largest absolute Gasteiger partial charge is 0.490 e. The summed E-state index contributed by atoms with van der Waals surface area (Å²) in [5.74, 6) is 1.51. The Labute approximate surface area is 178 Å². The van der Waals surface area contributed by atoms with Gasteiger partial charge in [0.2, 0.25) is 0 Å². The molecular weight excluding hydrogens is 378 g/mol. The van der Waals surface area contributed by atoms with Gasteiger partial charge in [0.25, 0.3) is 0 Å². The van der Waals surface area contributed by atoms with Crippen molar-refractivity contribution in [3.63, 3.8) is 0 Å². The highest BCUT2D eigenvalue weighted by Gasteiger charge is 2.17. The van der Waals surface area contributed by atoms with E-state index in [0.717, 1.165) is 40.7 Å². The molecule has 29 heavy (non-hydrogen) atoms. The molecule has 0 N–H and O–H groups in total. The van der Waals surface area contributed by atoms with Gasteiger partial charge in [0.15, 0.2) is 11.5 Å². The van der Waals surface area contributed by atoms with Crippen LogP contribution in [0.25, 0.3) is 10.8 Å². The zero-order valence-corrected chi connectivity index (χ0v) is 17.7. The summed E-state index contributed by atoms with van der Waals surface area (Å²) in [6.45, 7) is 5.17. The first-order chi connectivity index (χ1) is 14.2. The standard InChI is InChI=1S/C25H27NO2S/c1-2-27-24-17-22(25(29)26-14-6-3-7-15-26)12-13-23(24)28-18-19-10-11-20-8-4-5-9-21(20)16-19/h4-5,8-13,16-17H,2-3,6-7,14-15,18H2,1H3. The Morgan fingerprint density at radius 3 is 2.45 bits per heavy atom. The minimum atomic E-state index is 0.501. The zero-order chi connectivity index (χ0) is 20.1. The van der Waals surface area contributed by atoms with Gasteiger partial charge in [-0.3, -0.25) is 0 Å². The summed E-state index contributed by atoms with van der Waals surface area (Å²) in [5, 5.41) is 2.46. The maximum atomic E-state index is 6.12. The van der Waals surface area contributed by atoms with Crippen molar-refractivity contribution in [2.45, 2.75) is 32.8 Å². The van der Waals surface area contributed by atoms with E-state index >= 15 is 0 Å². The van der Waals surface area contributed by atoms with Crippen LogP contribution in [0.3, 0.4) is 0 Å². The molecule has 1 saturated heterocycles. The lowest BCUT2D eigenvalue weighted by atomic mass is 10.1. The highest BCUT2D eigenvalue weighted by molar-refractivity contribution is 7.80. The summed E-state index contributed by atoms with van der Waals surface area (Å²) in [6, 6.07) is 20.9. The molecule has 0 saturated carbocycles. The highest BCUT2D eigenvalue weighted by Crippen LogP contribution is 2.30. The van der Waals surface area contributed by atoms with Crippen LogP contribution in [0.15, 0.2) is 60.7 Å². The Morgan fingerprint density at radius 2 is 1.66 bits per heavy atom. The van der Waals surface area contributed by atoms with Gasteiger partial charge in [0.1, 0.15) is 11.6 Å². The Bertz CT molecular complexity index is 995. The van der Waals surface area contributed by atoms with E-state index in [1.165, 1.54) is 30.0 Å². The number of hydrogen-bond acceptors (Lipinski definition) is 3. The average molecular weight is 406 g/mol. The quantitative estimate of drug-likeness (QED) is 0.470. The van der Waals surface area contributed by atoms with Gasteiger partial charge >= 0.3 is 0 Å². The first-order valence-electron chi connectivity index (χ1n) is 10.4. The van der Waals surface area contributed by atoms with Crippen molar-refractivity contribution in [1.29, 1.82) is 0 Å². The van der Waals surface area contributed by atoms with Crippen LogP contribution in [0.1, 0.15) is 37.3 Å². The molecule has 4 heteroatoms. The number of benzene rings is 3. The normalized spacial score (nSPS) is 14.0. The van der Waals surface area contributed by atoms with E-state index in [0.29, 0.717) is 13.2 Å². The number of likely N-dealkylation sites (tertiary alicyclic amines) is 1. The first kappa shape index (κ1) is 19.7. The second kappa shape index (κ2) is 9.27. The molecule has 0 amide bonds. The van der Waals surface area contributed by atoms with E-state index in [1.807, 2.05) is 19.1 Å². The molecule has 3 aromatic carbocycles. The summed E-state index contributed by atoms with van der Waals surface area (Å²) < 4.78 is 12.0. The molecule has 0 radical (unpaired) electrons. The molecule has 1 heterocycles. The molecule has 0 atom stereocenters. The van der Waals surface area contributed by atoms with Gasteiger partial charge in [0, 0.05) is 18.7 Å². The van der Waals surface area contributed by atoms with E-state index in [-0.39, 0.29) is 0 Å². The number of piperidine rings is 1. The van der Waals surface area contributed by atoms with Gasteiger partial charge in [-0.2, -0.15) is 0 Å². The SMILES string of the molecule is CCOc1cc(C(=S)N2CCCCC2)ccc1OCc1ccc2ccccc2c1. The van der Waals surface area contributed by atoms with Crippen LogP contribution < -0.4 is 9.47 Å². The average Bonchev–Trinajstić information content (AvgIpc) is 2.78. The van der Waals surface area contributed by atoms with Crippen LogP contribution in [-0.4, -0.2) is 29.6 Å². The van der Waals surface area contributed by atoms with E-state index in [1.54, 1.807) is 0 Å². The monoisotopic (exact) mass is 405 g/mol. The minimum Gasteiger partial charge on any atom is -0.490 e. The van der Waals surface area contributed by atoms with Crippen LogP contribution >= 0.6 is 12.2 Å². The Balaban J connectivity index is 1.50. The third-order valence-corrected chi connectivity index (χ3v) is 5.84. The van der Waals surface area contributed by atoms with Gasteiger partial charge in [-0.05, 0) is 66.8 Å². The second-order valence-corrected chi connectivity index (χ2v) is 7.80. The maximum Gasteiger partial charge on any atom is 0.161 e. The zero-order valence-electron chi connectivity index (χ0n) is 16.9.